The number of fused-ring (bicyclic) bond motifs is 1. The molecule has 2 N–H and O–H groups in total. The standard InChI is InChI=1S/C22H25NO5S/c24-22(25)16-28-21-11-5-9-19-18(8-4-10-20(19)21)12-14-23-29(26,27)15-13-17-6-2-1-3-7-17/h1-3,5-7,9,11-12,14,18,23H,4,8,10,13,15-16H2,(H,24,25). The van der Waals surface area contributed by atoms with E-state index in [1.54, 1.807) is 6.07 Å². The van der Waals surface area contributed by atoms with Crippen LogP contribution in [0.1, 0.15) is 35.4 Å². The second-order valence-electron chi connectivity index (χ2n) is 7.04. The van der Waals surface area contributed by atoms with Gasteiger partial charge in [-0.15, -0.1) is 0 Å². The number of hydrogen-bond donors (Lipinski definition) is 2. The van der Waals surface area contributed by atoms with Crippen LogP contribution in [0.4, 0.5) is 0 Å². The van der Waals surface area contributed by atoms with Crippen LogP contribution in [0.25, 0.3) is 0 Å². The monoisotopic (exact) mass is 415 g/mol. The van der Waals surface area contributed by atoms with E-state index in [-0.39, 0.29) is 18.3 Å². The van der Waals surface area contributed by atoms with Crippen LogP contribution in [0.15, 0.2) is 60.8 Å². The number of hydrogen-bond acceptors (Lipinski definition) is 4. The first kappa shape index (κ1) is 20.9. The summed E-state index contributed by atoms with van der Waals surface area (Å²) in [7, 11) is -3.41. The van der Waals surface area contributed by atoms with Crippen LogP contribution in [-0.2, 0) is 27.7 Å². The van der Waals surface area contributed by atoms with Crippen molar-refractivity contribution in [2.45, 2.75) is 31.6 Å². The van der Waals surface area contributed by atoms with Gasteiger partial charge in [0.25, 0.3) is 0 Å². The van der Waals surface area contributed by atoms with Gasteiger partial charge in [0.05, 0.1) is 5.75 Å². The van der Waals surface area contributed by atoms with Crippen molar-refractivity contribution in [2.75, 3.05) is 12.4 Å². The number of nitrogens with one attached hydrogen (secondary N) is 1. The van der Waals surface area contributed by atoms with Crippen molar-refractivity contribution in [3.63, 3.8) is 0 Å². The SMILES string of the molecule is O=C(O)COc1cccc2c1CCCC2C=CNS(=O)(=O)CCc1ccccc1. The topological polar surface area (TPSA) is 92.7 Å². The number of carboxylic acids is 1. The van der Waals surface area contributed by atoms with Crippen LogP contribution >= 0.6 is 0 Å². The largest absolute Gasteiger partial charge is 0.482 e. The average molecular weight is 416 g/mol. The molecular formula is C22H25NO5S. The average Bonchev–Trinajstić information content (AvgIpc) is 2.71. The molecule has 0 heterocycles. The minimum absolute atomic E-state index is 0.0236. The molecule has 0 bridgehead atoms. The van der Waals surface area contributed by atoms with Crippen LogP contribution in [0.5, 0.6) is 5.75 Å². The summed E-state index contributed by atoms with van der Waals surface area (Å²) in [5.74, 6) is -0.342. The molecular weight excluding hydrogens is 390 g/mol. The molecule has 1 unspecified atom stereocenters. The highest BCUT2D eigenvalue weighted by Gasteiger charge is 2.21. The van der Waals surface area contributed by atoms with Gasteiger partial charge < -0.3 is 9.84 Å². The fraction of sp³-hybridized carbons (Fsp3) is 0.318. The molecule has 1 aliphatic carbocycles. The van der Waals surface area contributed by atoms with Gasteiger partial charge in [-0.1, -0.05) is 48.5 Å². The van der Waals surface area contributed by atoms with E-state index in [0.29, 0.717) is 12.2 Å². The molecule has 1 aliphatic rings. The van der Waals surface area contributed by atoms with Crippen molar-refractivity contribution in [3.05, 3.63) is 77.5 Å². The number of benzene rings is 2. The molecule has 29 heavy (non-hydrogen) atoms. The summed E-state index contributed by atoms with van der Waals surface area (Å²) in [4.78, 5) is 10.8. The highest BCUT2D eigenvalue weighted by molar-refractivity contribution is 7.89. The number of carbonyl (C=O) groups is 1. The highest BCUT2D eigenvalue weighted by Crippen LogP contribution is 2.37. The normalized spacial score (nSPS) is 16.3. The lowest BCUT2D eigenvalue weighted by Crippen LogP contribution is -2.23. The maximum absolute atomic E-state index is 12.3. The maximum Gasteiger partial charge on any atom is 0.341 e. The van der Waals surface area contributed by atoms with E-state index < -0.39 is 16.0 Å². The van der Waals surface area contributed by atoms with Crippen molar-refractivity contribution in [2.24, 2.45) is 0 Å². The number of aryl methyl sites for hydroxylation is 1. The van der Waals surface area contributed by atoms with Gasteiger partial charge in [0.2, 0.25) is 10.0 Å². The predicted octanol–water partition coefficient (Wildman–Crippen LogP) is 3.25. The fourth-order valence-corrected chi connectivity index (χ4v) is 4.45. The summed E-state index contributed by atoms with van der Waals surface area (Å²) in [6, 6.07) is 15.1. The third kappa shape index (κ3) is 6.09. The summed E-state index contributed by atoms with van der Waals surface area (Å²) in [6.07, 6.45) is 6.47. The maximum atomic E-state index is 12.3. The quantitative estimate of drug-likeness (QED) is 0.656. The van der Waals surface area contributed by atoms with E-state index in [9.17, 15) is 13.2 Å². The van der Waals surface area contributed by atoms with Crippen molar-refractivity contribution in [1.29, 1.82) is 0 Å². The molecule has 0 saturated carbocycles. The Morgan fingerprint density at radius 2 is 1.97 bits per heavy atom. The van der Waals surface area contributed by atoms with Crippen molar-refractivity contribution in [1.82, 2.24) is 4.72 Å². The Morgan fingerprint density at radius 3 is 2.72 bits per heavy atom. The van der Waals surface area contributed by atoms with Gasteiger partial charge >= 0.3 is 5.97 Å². The zero-order valence-corrected chi connectivity index (χ0v) is 16.9. The van der Waals surface area contributed by atoms with Gasteiger partial charge in [0, 0.05) is 12.1 Å². The number of carboxylic acid groups (broad SMARTS) is 1. The molecule has 0 radical (unpaired) electrons. The first-order valence-electron chi connectivity index (χ1n) is 9.61. The third-order valence-electron chi connectivity index (χ3n) is 4.94. The Morgan fingerprint density at radius 1 is 1.17 bits per heavy atom. The van der Waals surface area contributed by atoms with Gasteiger partial charge in [-0.05, 0) is 48.4 Å². The number of aliphatic carboxylic acids is 1. The predicted molar refractivity (Wildman–Crippen MR) is 111 cm³/mol. The molecule has 2 aromatic carbocycles. The van der Waals surface area contributed by atoms with E-state index in [2.05, 4.69) is 4.72 Å². The van der Waals surface area contributed by atoms with E-state index >= 15 is 0 Å². The van der Waals surface area contributed by atoms with E-state index in [4.69, 9.17) is 9.84 Å². The Balaban J connectivity index is 1.63. The molecule has 7 heteroatoms. The Bertz CT molecular complexity index is 970. The molecule has 2 aromatic rings. The first-order chi connectivity index (χ1) is 13.9. The smallest absolute Gasteiger partial charge is 0.341 e. The molecule has 0 spiro atoms. The summed E-state index contributed by atoms with van der Waals surface area (Å²) in [6.45, 7) is -0.377. The summed E-state index contributed by atoms with van der Waals surface area (Å²) in [5, 5.41) is 8.84. The second kappa shape index (κ2) is 9.60. The molecule has 1 atom stereocenters. The molecule has 0 fully saturated rings. The minimum Gasteiger partial charge on any atom is -0.482 e. The van der Waals surface area contributed by atoms with Gasteiger partial charge in [-0.25, -0.2) is 13.2 Å². The summed E-state index contributed by atoms with van der Waals surface area (Å²) < 4.78 is 32.5. The van der Waals surface area contributed by atoms with Crippen molar-refractivity contribution in [3.8, 4) is 5.75 Å². The number of ether oxygens (including phenoxy) is 1. The molecule has 0 saturated heterocycles. The molecule has 3 rings (SSSR count). The summed E-state index contributed by atoms with van der Waals surface area (Å²) >= 11 is 0. The Hall–Kier alpha value is -2.80. The van der Waals surface area contributed by atoms with E-state index in [0.717, 1.165) is 36.0 Å². The number of rotatable bonds is 9. The van der Waals surface area contributed by atoms with Gasteiger partial charge in [0.1, 0.15) is 5.75 Å². The van der Waals surface area contributed by atoms with Crippen LogP contribution < -0.4 is 9.46 Å². The van der Waals surface area contributed by atoms with Gasteiger partial charge in [-0.2, -0.15) is 0 Å². The summed E-state index contributed by atoms with van der Waals surface area (Å²) in [5.41, 5.74) is 3.04. The third-order valence-corrected chi connectivity index (χ3v) is 6.18. The van der Waals surface area contributed by atoms with Crippen molar-refractivity contribution < 1.29 is 23.1 Å². The number of allylic oxidation sites excluding steroid dienone is 1. The molecule has 0 aromatic heterocycles. The minimum atomic E-state index is -3.41. The Kier molecular flexibility index (Phi) is 6.93. The molecule has 154 valence electrons. The van der Waals surface area contributed by atoms with Crippen LogP contribution in [0.2, 0.25) is 0 Å². The Labute approximate surface area is 171 Å². The zero-order valence-electron chi connectivity index (χ0n) is 16.1. The van der Waals surface area contributed by atoms with Crippen LogP contribution in [0.3, 0.4) is 0 Å². The highest BCUT2D eigenvalue weighted by atomic mass is 32.2. The second-order valence-corrected chi connectivity index (χ2v) is 8.91. The van der Waals surface area contributed by atoms with Crippen LogP contribution in [-0.4, -0.2) is 31.9 Å². The van der Waals surface area contributed by atoms with E-state index in [1.807, 2.05) is 48.5 Å². The molecule has 0 amide bonds. The first-order valence-corrected chi connectivity index (χ1v) is 11.3. The fourth-order valence-electron chi connectivity index (χ4n) is 3.54. The van der Waals surface area contributed by atoms with Crippen molar-refractivity contribution >= 4 is 16.0 Å². The van der Waals surface area contributed by atoms with Gasteiger partial charge in [-0.3, -0.25) is 4.72 Å². The molecule has 6 nitrogen and oxygen atoms in total. The molecule has 0 aliphatic heterocycles. The lowest BCUT2D eigenvalue weighted by Gasteiger charge is -2.25. The lowest BCUT2D eigenvalue weighted by atomic mass is 9.82. The van der Waals surface area contributed by atoms with Gasteiger partial charge in [0.15, 0.2) is 6.61 Å². The lowest BCUT2D eigenvalue weighted by molar-refractivity contribution is -0.139. The van der Waals surface area contributed by atoms with Crippen LogP contribution in [0, 0.1) is 0 Å². The van der Waals surface area contributed by atoms with E-state index in [1.165, 1.54) is 6.20 Å². The number of sulfonamides is 1. The zero-order chi connectivity index (χ0) is 20.7.